The van der Waals surface area contributed by atoms with Gasteiger partial charge in [0.05, 0.1) is 6.61 Å². The zero-order valence-electron chi connectivity index (χ0n) is 40.0. The van der Waals surface area contributed by atoms with Gasteiger partial charge in [0.25, 0.3) is 10.1 Å². The van der Waals surface area contributed by atoms with E-state index in [0.717, 1.165) is 96.3 Å². The molecule has 374 valence electrons. The molecule has 2 unspecified atom stereocenters. The molecule has 1 rings (SSSR count). The third-order valence-electron chi connectivity index (χ3n) is 10.3. The van der Waals surface area contributed by atoms with Crippen molar-refractivity contribution in [1.82, 2.24) is 0 Å². The number of aliphatic hydroxyl groups excluding tert-OH is 3. The van der Waals surface area contributed by atoms with Crippen LogP contribution in [0.25, 0.3) is 0 Å². The number of unbranched alkanes of at least 4 members (excludes halogenated alkanes) is 9. The highest BCUT2D eigenvalue weighted by atomic mass is 32.2. The molecule has 0 aromatic carbocycles. The van der Waals surface area contributed by atoms with Crippen LogP contribution in [0.2, 0.25) is 0 Å². The molecule has 0 bridgehead atoms. The molecule has 12 nitrogen and oxygen atoms in total. The Bertz CT molecular complexity index is 1620. The van der Waals surface area contributed by atoms with E-state index < -0.39 is 71.2 Å². The zero-order valence-corrected chi connectivity index (χ0v) is 40.8. The summed E-state index contributed by atoms with van der Waals surface area (Å²) in [6.07, 6.45) is 48.3. The molecule has 13 heteroatoms. The minimum absolute atomic E-state index is 0.112. The Morgan fingerprint density at radius 1 is 0.530 bits per heavy atom. The zero-order chi connectivity index (χ0) is 48.4. The summed E-state index contributed by atoms with van der Waals surface area (Å²) >= 11 is 0. The fraction of sp³-hybridized carbons (Fsp3) is 0.623. The lowest BCUT2D eigenvalue weighted by atomic mass is 10.00. The number of carbonyl (C=O) groups excluding carboxylic acids is 2. The number of hydrogen-bond acceptors (Lipinski definition) is 11. The van der Waals surface area contributed by atoms with Gasteiger partial charge in [-0.05, 0) is 103 Å². The van der Waals surface area contributed by atoms with Crippen molar-refractivity contribution in [2.75, 3.05) is 19.0 Å². The van der Waals surface area contributed by atoms with Crippen LogP contribution in [0.1, 0.15) is 155 Å². The highest BCUT2D eigenvalue weighted by Gasteiger charge is 2.46. The van der Waals surface area contributed by atoms with E-state index in [2.05, 4.69) is 123 Å². The van der Waals surface area contributed by atoms with Gasteiger partial charge in [-0.25, -0.2) is 0 Å². The van der Waals surface area contributed by atoms with Gasteiger partial charge in [0, 0.05) is 12.8 Å². The highest BCUT2D eigenvalue weighted by Crippen LogP contribution is 2.24. The van der Waals surface area contributed by atoms with Crippen LogP contribution in [0.3, 0.4) is 0 Å². The number of carbonyl (C=O) groups is 2. The summed E-state index contributed by atoms with van der Waals surface area (Å²) in [5, 5.41) is 30.9. The maximum atomic E-state index is 12.8. The van der Waals surface area contributed by atoms with E-state index in [1.54, 1.807) is 0 Å². The molecule has 0 saturated carbocycles. The van der Waals surface area contributed by atoms with Crippen LogP contribution in [-0.4, -0.2) is 96.0 Å². The van der Waals surface area contributed by atoms with Crippen molar-refractivity contribution in [3.63, 3.8) is 0 Å². The van der Waals surface area contributed by atoms with Crippen molar-refractivity contribution in [1.29, 1.82) is 0 Å². The standard InChI is InChI=1S/C53H84O12S/c1-3-5-7-9-11-13-15-17-19-21-23-25-27-29-31-33-35-37-39-41-48(54)62-43-46(44-63-53-52(58)51(57)50(56)47(65-53)45-66(59,60)61)64-49(55)42-40-38-36-34-32-30-28-26-24-22-20-18-16-14-12-10-8-6-4-2/h5,7,11-14,17-20,23-26,29-32,46-47,50-53,56-58H,3-4,6,8-10,15-16,21-22,27-28,33-45H2,1-2H3,(H,59,60,61)/b7-5+,13-11+,14-12+,19-17+,20-18+,25-23+,26-24+,31-29+,32-30+/t46-,47-,50-,51?,52?,53+/m1/s1. The van der Waals surface area contributed by atoms with Gasteiger partial charge in [-0.15, -0.1) is 0 Å². The first-order valence-corrected chi connectivity index (χ1v) is 26.1. The fourth-order valence-electron chi connectivity index (χ4n) is 6.57. The second-order valence-electron chi connectivity index (χ2n) is 16.4. The Hall–Kier alpha value is -3.69. The quantitative estimate of drug-likeness (QED) is 0.0198. The maximum absolute atomic E-state index is 12.8. The average molecular weight is 945 g/mol. The normalized spacial score (nSPS) is 20.4. The summed E-state index contributed by atoms with van der Waals surface area (Å²) in [7, 11) is -4.62. The minimum atomic E-state index is -4.62. The SMILES string of the molecule is CC/C=C/C/C=C/C/C=C/C/C=C/C/C=C/CCCCCC(=O)OC[C@H](CO[C@H]1O[C@H](CS(=O)(=O)O)[C@@H](O)C(O)C1O)OC(=O)CCCCC/C=C/C/C=C/C/C=C/C/C=C/CCCCC. The van der Waals surface area contributed by atoms with Crippen LogP contribution in [-0.2, 0) is 38.7 Å². The Morgan fingerprint density at radius 3 is 1.39 bits per heavy atom. The molecule has 1 aliphatic heterocycles. The Kier molecular flexibility index (Phi) is 37.9. The van der Waals surface area contributed by atoms with Crippen LogP contribution in [0.4, 0.5) is 0 Å². The van der Waals surface area contributed by atoms with Gasteiger partial charge >= 0.3 is 11.9 Å². The first-order chi connectivity index (χ1) is 32.0. The van der Waals surface area contributed by atoms with E-state index >= 15 is 0 Å². The average Bonchev–Trinajstić information content (AvgIpc) is 3.28. The lowest BCUT2D eigenvalue weighted by molar-refractivity contribution is -0.297. The largest absolute Gasteiger partial charge is 0.462 e. The fourth-order valence-corrected chi connectivity index (χ4v) is 7.26. The van der Waals surface area contributed by atoms with Gasteiger partial charge in [0.1, 0.15) is 36.8 Å². The van der Waals surface area contributed by atoms with Crippen LogP contribution >= 0.6 is 0 Å². The molecule has 0 aromatic heterocycles. The second kappa shape index (κ2) is 41.5. The molecule has 1 heterocycles. The summed E-state index contributed by atoms with van der Waals surface area (Å²) in [5.41, 5.74) is 0. The van der Waals surface area contributed by atoms with Gasteiger partial charge in [0.2, 0.25) is 0 Å². The van der Waals surface area contributed by atoms with Gasteiger partial charge in [0.15, 0.2) is 12.4 Å². The van der Waals surface area contributed by atoms with Gasteiger partial charge in [-0.1, -0.05) is 149 Å². The second-order valence-corrected chi connectivity index (χ2v) is 17.9. The number of hydrogen-bond donors (Lipinski definition) is 4. The third kappa shape index (κ3) is 35.5. The minimum Gasteiger partial charge on any atom is -0.462 e. The van der Waals surface area contributed by atoms with Crippen molar-refractivity contribution in [2.45, 2.75) is 192 Å². The molecule has 0 aliphatic carbocycles. The first-order valence-electron chi connectivity index (χ1n) is 24.4. The van der Waals surface area contributed by atoms with Crippen molar-refractivity contribution >= 4 is 22.1 Å². The Balaban J connectivity index is 2.48. The van der Waals surface area contributed by atoms with Crippen LogP contribution in [0.5, 0.6) is 0 Å². The molecule has 4 N–H and O–H groups in total. The van der Waals surface area contributed by atoms with E-state index in [9.17, 15) is 37.9 Å². The smallest absolute Gasteiger partial charge is 0.306 e. The van der Waals surface area contributed by atoms with Crippen molar-refractivity contribution < 1.29 is 56.8 Å². The van der Waals surface area contributed by atoms with Crippen LogP contribution in [0.15, 0.2) is 109 Å². The molecule has 0 radical (unpaired) electrons. The topological polar surface area (TPSA) is 186 Å². The van der Waals surface area contributed by atoms with Crippen LogP contribution < -0.4 is 0 Å². The summed E-state index contributed by atoms with van der Waals surface area (Å²) in [4.78, 5) is 25.5. The predicted octanol–water partition coefficient (Wildman–Crippen LogP) is 10.8. The first kappa shape index (κ1) is 60.3. The predicted molar refractivity (Wildman–Crippen MR) is 265 cm³/mol. The highest BCUT2D eigenvalue weighted by molar-refractivity contribution is 7.85. The lowest BCUT2D eigenvalue weighted by Crippen LogP contribution is -2.60. The van der Waals surface area contributed by atoms with Crippen molar-refractivity contribution in [3.8, 4) is 0 Å². The molecule has 6 atom stereocenters. The molecule has 66 heavy (non-hydrogen) atoms. The number of esters is 2. The number of rotatable bonds is 39. The van der Waals surface area contributed by atoms with E-state index in [1.165, 1.54) is 19.3 Å². The lowest BCUT2D eigenvalue weighted by Gasteiger charge is -2.40. The van der Waals surface area contributed by atoms with Crippen molar-refractivity contribution in [2.24, 2.45) is 0 Å². The Labute approximate surface area is 397 Å². The molecular weight excluding hydrogens is 861 g/mol. The molecule has 1 fully saturated rings. The monoisotopic (exact) mass is 945 g/mol. The van der Waals surface area contributed by atoms with Crippen molar-refractivity contribution in [3.05, 3.63) is 109 Å². The number of aliphatic hydroxyl groups is 3. The van der Waals surface area contributed by atoms with E-state index in [4.69, 9.17) is 18.9 Å². The van der Waals surface area contributed by atoms with E-state index in [1.807, 2.05) is 0 Å². The van der Waals surface area contributed by atoms with E-state index in [0.29, 0.717) is 12.8 Å². The third-order valence-corrected chi connectivity index (χ3v) is 11.1. The van der Waals surface area contributed by atoms with Gasteiger partial charge in [-0.2, -0.15) is 8.42 Å². The summed E-state index contributed by atoms with van der Waals surface area (Å²) in [6.45, 7) is 3.55. The summed E-state index contributed by atoms with van der Waals surface area (Å²) < 4.78 is 54.1. The molecule has 0 spiro atoms. The molecule has 1 aliphatic rings. The molecule has 0 aromatic rings. The molecule has 1 saturated heterocycles. The number of allylic oxidation sites excluding steroid dienone is 18. The molecule has 0 amide bonds. The van der Waals surface area contributed by atoms with Gasteiger partial charge < -0.3 is 34.3 Å². The molecular formula is C53H84O12S. The van der Waals surface area contributed by atoms with Crippen LogP contribution in [0, 0.1) is 0 Å². The number of ether oxygens (including phenoxy) is 4. The maximum Gasteiger partial charge on any atom is 0.306 e. The van der Waals surface area contributed by atoms with Gasteiger partial charge in [-0.3, -0.25) is 14.1 Å². The summed E-state index contributed by atoms with van der Waals surface area (Å²) in [6, 6.07) is 0. The van der Waals surface area contributed by atoms with E-state index in [-0.39, 0.29) is 19.4 Å². The Morgan fingerprint density at radius 2 is 0.955 bits per heavy atom. The summed E-state index contributed by atoms with van der Waals surface area (Å²) in [5.74, 6) is -2.08.